The highest BCUT2D eigenvalue weighted by atomic mass is 35.5. The van der Waals surface area contributed by atoms with Gasteiger partial charge in [-0.05, 0) is 55.7 Å². The van der Waals surface area contributed by atoms with Crippen molar-refractivity contribution in [3.63, 3.8) is 0 Å². The van der Waals surface area contributed by atoms with Gasteiger partial charge in [-0.25, -0.2) is 0 Å². The topological polar surface area (TPSA) is 43.8 Å². The van der Waals surface area contributed by atoms with E-state index in [1.54, 1.807) is 14.2 Å². The highest BCUT2D eigenvalue weighted by Crippen LogP contribution is 2.32. The minimum atomic E-state index is 0. The van der Waals surface area contributed by atoms with E-state index in [1.807, 2.05) is 30.3 Å². The van der Waals surface area contributed by atoms with Crippen LogP contribution in [0.1, 0.15) is 24.1 Å². The average Bonchev–Trinajstić information content (AvgIpc) is 3.25. The Hall–Kier alpha value is -2.66. The van der Waals surface area contributed by atoms with E-state index in [0.717, 1.165) is 47.1 Å². The molecule has 2 aromatic carbocycles. The molecular formula is C23H27ClN2O3. The van der Waals surface area contributed by atoms with Crippen LogP contribution in [-0.2, 0) is 6.61 Å². The van der Waals surface area contributed by atoms with E-state index in [-0.39, 0.29) is 12.4 Å². The number of ether oxygens (including phenoxy) is 3. The van der Waals surface area contributed by atoms with Gasteiger partial charge in [-0.3, -0.25) is 4.98 Å². The van der Waals surface area contributed by atoms with Gasteiger partial charge in [0, 0.05) is 42.0 Å². The first-order valence-electron chi connectivity index (χ1n) is 9.67. The van der Waals surface area contributed by atoms with Gasteiger partial charge in [0.1, 0.15) is 23.9 Å². The number of aryl methyl sites for hydroxylation is 1. The Morgan fingerprint density at radius 3 is 2.24 bits per heavy atom. The molecule has 0 unspecified atom stereocenters. The second-order valence-electron chi connectivity index (χ2n) is 7.17. The van der Waals surface area contributed by atoms with Crippen LogP contribution in [0.25, 0.3) is 10.9 Å². The van der Waals surface area contributed by atoms with Crippen LogP contribution in [0.3, 0.4) is 0 Å². The summed E-state index contributed by atoms with van der Waals surface area (Å²) in [6, 6.07) is 14.1. The van der Waals surface area contributed by atoms with Gasteiger partial charge in [-0.2, -0.15) is 0 Å². The lowest BCUT2D eigenvalue weighted by atomic mass is 10.1. The van der Waals surface area contributed by atoms with Crippen LogP contribution in [0.2, 0.25) is 0 Å². The lowest BCUT2D eigenvalue weighted by Gasteiger charge is -2.20. The lowest BCUT2D eigenvalue weighted by Crippen LogP contribution is -2.18. The standard InChI is InChI=1S/C23H26N2O3.ClH/c1-16-10-23(25-8-4-5-9-25)21-7-6-18(14-22(21)24-16)28-15-17-11-19(26-2)13-20(12-17)27-3;/h6-7,10-14H,4-5,8-9,15H2,1-3H3;1H. The van der Waals surface area contributed by atoms with Crippen molar-refractivity contribution < 1.29 is 14.2 Å². The monoisotopic (exact) mass is 414 g/mol. The molecule has 0 radical (unpaired) electrons. The Bertz CT molecular complexity index is 965. The summed E-state index contributed by atoms with van der Waals surface area (Å²) in [7, 11) is 3.30. The van der Waals surface area contributed by atoms with Gasteiger partial charge in [0.05, 0.1) is 19.7 Å². The molecule has 0 aliphatic carbocycles. The molecule has 1 aromatic heterocycles. The van der Waals surface area contributed by atoms with Crippen molar-refractivity contribution in [2.75, 3.05) is 32.2 Å². The molecule has 29 heavy (non-hydrogen) atoms. The summed E-state index contributed by atoms with van der Waals surface area (Å²) in [5, 5.41) is 1.18. The average molecular weight is 415 g/mol. The molecule has 0 spiro atoms. The van der Waals surface area contributed by atoms with Gasteiger partial charge in [0.2, 0.25) is 0 Å². The van der Waals surface area contributed by atoms with Crippen molar-refractivity contribution in [1.82, 2.24) is 4.98 Å². The molecule has 0 bridgehead atoms. The fourth-order valence-corrected chi connectivity index (χ4v) is 3.74. The number of hydrogen-bond acceptors (Lipinski definition) is 5. The van der Waals surface area contributed by atoms with Crippen LogP contribution < -0.4 is 19.1 Å². The largest absolute Gasteiger partial charge is 0.497 e. The van der Waals surface area contributed by atoms with Crippen LogP contribution in [0.15, 0.2) is 42.5 Å². The van der Waals surface area contributed by atoms with Crippen LogP contribution >= 0.6 is 12.4 Å². The van der Waals surface area contributed by atoms with Gasteiger partial charge >= 0.3 is 0 Å². The Labute approximate surface area is 178 Å². The number of halogens is 1. The third-order valence-electron chi connectivity index (χ3n) is 5.15. The molecule has 1 fully saturated rings. The predicted molar refractivity (Wildman–Crippen MR) is 119 cm³/mol. The summed E-state index contributed by atoms with van der Waals surface area (Å²) in [4.78, 5) is 7.19. The summed E-state index contributed by atoms with van der Waals surface area (Å²) in [6.45, 7) is 4.72. The van der Waals surface area contributed by atoms with E-state index in [4.69, 9.17) is 19.2 Å². The van der Waals surface area contributed by atoms with Gasteiger partial charge < -0.3 is 19.1 Å². The van der Waals surface area contributed by atoms with Crippen LogP contribution in [0.4, 0.5) is 5.69 Å². The number of pyridine rings is 1. The van der Waals surface area contributed by atoms with Gasteiger partial charge in [0.15, 0.2) is 0 Å². The SMILES string of the molecule is COc1cc(COc2ccc3c(N4CCCC4)cc(C)nc3c2)cc(OC)c1.Cl. The highest BCUT2D eigenvalue weighted by Gasteiger charge is 2.16. The molecule has 4 rings (SSSR count). The molecule has 3 aromatic rings. The van der Waals surface area contributed by atoms with E-state index >= 15 is 0 Å². The molecule has 1 aliphatic rings. The molecule has 0 saturated carbocycles. The molecule has 154 valence electrons. The molecule has 1 aliphatic heterocycles. The third kappa shape index (κ3) is 4.67. The first-order valence-corrected chi connectivity index (χ1v) is 9.67. The van der Waals surface area contributed by atoms with Crippen molar-refractivity contribution >= 4 is 29.0 Å². The Morgan fingerprint density at radius 1 is 0.897 bits per heavy atom. The fraction of sp³-hybridized carbons (Fsp3) is 0.348. The number of aromatic nitrogens is 1. The molecule has 6 heteroatoms. The number of methoxy groups -OCH3 is 2. The van der Waals surface area contributed by atoms with Crippen molar-refractivity contribution in [2.45, 2.75) is 26.4 Å². The zero-order valence-corrected chi connectivity index (χ0v) is 17.9. The maximum Gasteiger partial charge on any atom is 0.122 e. The van der Waals surface area contributed by atoms with Crippen LogP contribution in [0, 0.1) is 6.92 Å². The minimum absolute atomic E-state index is 0. The van der Waals surface area contributed by atoms with Crippen LogP contribution in [0.5, 0.6) is 17.2 Å². The summed E-state index contributed by atoms with van der Waals surface area (Å²) < 4.78 is 16.7. The second kappa shape index (κ2) is 9.23. The summed E-state index contributed by atoms with van der Waals surface area (Å²) in [5.41, 5.74) is 4.28. The number of anilines is 1. The van der Waals surface area contributed by atoms with Crippen molar-refractivity contribution in [3.05, 3.63) is 53.7 Å². The van der Waals surface area contributed by atoms with E-state index < -0.39 is 0 Å². The van der Waals surface area contributed by atoms with Gasteiger partial charge in [-0.1, -0.05) is 0 Å². The fourth-order valence-electron chi connectivity index (χ4n) is 3.74. The quantitative estimate of drug-likeness (QED) is 0.557. The zero-order chi connectivity index (χ0) is 19.5. The van der Waals surface area contributed by atoms with Gasteiger partial charge in [0.25, 0.3) is 0 Å². The molecule has 5 nitrogen and oxygen atoms in total. The van der Waals surface area contributed by atoms with Crippen LogP contribution in [-0.4, -0.2) is 32.3 Å². The number of nitrogens with zero attached hydrogens (tertiary/aromatic N) is 2. The Morgan fingerprint density at radius 2 is 1.59 bits per heavy atom. The minimum Gasteiger partial charge on any atom is -0.497 e. The smallest absolute Gasteiger partial charge is 0.122 e. The predicted octanol–water partition coefficient (Wildman–Crippen LogP) is 5.16. The number of rotatable bonds is 6. The molecule has 0 N–H and O–H groups in total. The number of hydrogen-bond donors (Lipinski definition) is 0. The number of fused-ring (bicyclic) bond motifs is 1. The highest BCUT2D eigenvalue weighted by molar-refractivity contribution is 5.93. The molecule has 2 heterocycles. The van der Waals surface area contributed by atoms with E-state index in [9.17, 15) is 0 Å². The van der Waals surface area contributed by atoms with E-state index in [2.05, 4.69) is 24.0 Å². The molecular weight excluding hydrogens is 388 g/mol. The zero-order valence-electron chi connectivity index (χ0n) is 17.1. The third-order valence-corrected chi connectivity index (χ3v) is 5.15. The van der Waals surface area contributed by atoms with Crippen molar-refractivity contribution in [1.29, 1.82) is 0 Å². The maximum atomic E-state index is 6.04. The first-order chi connectivity index (χ1) is 13.7. The first kappa shape index (κ1) is 21.1. The normalized spacial score (nSPS) is 13.3. The Balaban J connectivity index is 0.00000240. The molecule has 1 saturated heterocycles. The van der Waals surface area contributed by atoms with E-state index in [1.165, 1.54) is 23.9 Å². The Kier molecular flexibility index (Phi) is 6.70. The van der Waals surface area contributed by atoms with Gasteiger partial charge in [-0.15, -0.1) is 12.4 Å². The summed E-state index contributed by atoms with van der Waals surface area (Å²) >= 11 is 0. The van der Waals surface area contributed by atoms with E-state index in [0.29, 0.717) is 6.61 Å². The van der Waals surface area contributed by atoms with Crippen molar-refractivity contribution in [3.8, 4) is 17.2 Å². The lowest BCUT2D eigenvalue weighted by molar-refractivity contribution is 0.304. The molecule has 0 amide bonds. The van der Waals surface area contributed by atoms with Crippen molar-refractivity contribution in [2.24, 2.45) is 0 Å². The maximum absolute atomic E-state index is 6.04. The summed E-state index contributed by atoms with van der Waals surface area (Å²) in [5.74, 6) is 2.31. The number of benzene rings is 2. The summed E-state index contributed by atoms with van der Waals surface area (Å²) in [6.07, 6.45) is 2.52. The molecule has 0 atom stereocenters. The second-order valence-corrected chi connectivity index (χ2v) is 7.17.